The number of carbonyl (C=O) groups excluding carboxylic acids is 1. The average molecular weight is 219 g/mol. The van der Waals surface area contributed by atoms with Crippen molar-refractivity contribution >= 4 is 5.91 Å². The van der Waals surface area contributed by atoms with Crippen LogP contribution in [0.15, 0.2) is 48.9 Å². The van der Waals surface area contributed by atoms with Gasteiger partial charge in [-0.2, -0.15) is 0 Å². The fourth-order valence-electron chi connectivity index (χ4n) is 1.45. The number of rotatable bonds is 4. The third kappa shape index (κ3) is 2.63. The van der Waals surface area contributed by atoms with E-state index in [1.54, 1.807) is 12.2 Å². The highest BCUT2D eigenvalue weighted by atomic mass is 16.5. The van der Waals surface area contributed by atoms with Gasteiger partial charge in [-0.05, 0) is 6.42 Å². The van der Waals surface area contributed by atoms with Crippen LogP contribution in [0.25, 0.3) is 0 Å². The zero-order valence-electron chi connectivity index (χ0n) is 9.58. The first kappa shape index (κ1) is 12.3. The Balaban J connectivity index is 2.76. The molecule has 0 aliphatic carbocycles. The van der Waals surface area contributed by atoms with Crippen molar-refractivity contribution in [3.63, 3.8) is 0 Å². The van der Waals surface area contributed by atoms with Crippen LogP contribution in [-0.4, -0.2) is 12.5 Å². The van der Waals surface area contributed by atoms with E-state index >= 15 is 0 Å². The van der Waals surface area contributed by atoms with E-state index in [1.807, 2.05) is 6.92 Å². The molecule has 0 aromatic carbocycles. The van der Waals surface area contributed by atoms with Crippen molar-refractivity contribution in [2.75, 3.05) is 6.61 Å². The fraction of sp³-hybridized carbons (Fsp3) is 0.308. The van der Waals surface area contributed by atoms with Crippen molar-refractivity contribution in [2.24, 2.45) is 5.92 Å². The van der Waals surface area contributed by atoms with Crippen LogP contribution in [0.5, 0.6) is 0 Å². The third-order valence-corrected chi connectivity index (χ3v) is 2.46. The van der Waals surface area contributed by atoms with E-state index in [2.05, 4.69) is 25.1 Å². The molecular formula is C13H17NO2. The molecule has 1 N–H and O–H groups in total. The van der Waals surface area contributed by atoms with Gasteiger partial charge in [0.15, 0.2) is 0 Å². The van der Waals surface area contributed by atoms with Crippen LogP contribution in [0.2, 0.25) is 0 Å². The molecule has 0 saturated carbocycles. The van der Waals surface area contributed by atoms with Crippen molar-refractivity contribution in [3.05, 3.63) is 48.9 Å². The fourth-order valence-corrected chi connectivity index (χ4v) is 1.45. The van der Waals surface area contributed by atoms with Gasteiger partial charge in [0, 0.05) is 11.3 Å². The maximum atomic E-state index is 11.9. The van der Waals surface area contributed by atoms with E-state index < -0.39 is 0 Å². The summed E-state index contributed by atoms with van der Waals surface area (Å²) in [6, 6.07) is 0. The zero-order chi connectivity index (χ0) is 12.1. The molecule has 0 aromatic heterocycles. The quantitative estimate of drug-likeness (QED) is 0.788. The summed E-state index contributed by atoms with van der Waals surface area (Å²) in [5, 5.41) is 2.75. The minimum atomic E-state index is -0.311. The van der Waals surface area contributed by atoms with Crippen molar-refractivity contribution in [2.45, 2.75) is 13.3 Å². The van der Waals surface area contributed by atoms with Gasteiger partial charge in [-0.1, -0.05) is 38.8 Å². The minimum Gasteiger partial charge on any atom is -0.493 e. The highest BCUT2D eigenvalue weighted by molar-refractivity contribution is 5.84. The Morgan fingerprint density at radius 1 is 1.69 bits per heavy atom. The summed E-state index contributed by atoms with van der Waals surface area (Å²) in [6.07, 6.45) is 4.11. The maximum absolute atomic E-state index is 11.9. The van der Waals surface area contributed by atoms with E-state index in [-0.39, 0.29) is 11.8 Å². The van der Waals surface area contributed by atoms with E-state index in [1.165, 1.54) is 0 Å². The van der Waals surface area contributed by atoms with Gasteiger partial charge >= 0.3 is 0 Å². The predicted molar refractivity (Wildman–Crippen MR) is 64.4 cm³/mol. The molecule has 0 bridgehead atoms. The zero-order valence-corrected chi connectivity index (χ0v) is 9.58. The van der Waals surface area contributed by atoms with Crippen molar-refractivity contribution in [1.29, 1.82) is 0 Å². The average Bonchev–Trinajstić information content (AvgIpc) is 2.61. The second-order valence-electron chi connectivity index (χ2n) is 3.59. The molecule has 1 unspecified atom stereocenters. The topological polar surface area (TPSA) is 38.3 Å². The largest absolute Gasteiger partial charge is 0.493 e. The lowest BCUT2D eigenvalue weighted by atomic mass is 9.99. The normalized spacial score (nSPS) is 21.7. The molecule has 0 radical (unpaired) electrons. The Kier molecular flexibility index (Phi) is 4.11. The molecule has 0 spiro atoms. The van der Waals surface area contributed by atoms with Gasteiger partial charge < -0.3 is 10.1 Å². The lowest BCUT2D eigenvalue weighted by Crippen LogP contribution is -2.30. The van der Waals surface area contributed by atoms with Gasteiger partial charge in [0.2, 0.25) is 5.91 Å². The minimum absolute atomic E-state index is 0.0985. The van der Waals surface area contributed by atoms with Crippen LogP contribution >= 0.6 is 0 Å². The molecule has 1 heterocycles. The number of ether oxygens (including phenoxy) is 1. The Labute approximate surface area is 96.2 Å². The molecule has 16 heavy (non-hydrogen) atoms. The third-order valence-electron chi connectivity index (χ3n) is 2.46. The summed E-state index contributed by atoms with van der Waals surface area (Å²) in [5.41, 5.74) is 1.50. The van der Waals surface area contributed by atoms with E-state index in [0.29, 0.717) is 18.1 Å². The van der Waals surface area contributed by atoms with Crippen molar-refractivity contribution < 1.29 is 9.53 Å². The SMILES string of the molecule is C=C/C=C1\C(=C)OCC1C(=O)NC(=C)CC. The maximum Gasteiger partial charge on any atom is 0.235 e. The van der Waals surface area contributed by atoms with E-state index in [9.17, 15) is 4.79 Å². The summed E-state index contributed by atoms with van der Waals surface area (Å²) in [6.45, 7) is 13.4. The van der Waals surface area contributed by atoms with Crippen LogP contribution in [-0.2, 0) is 9.53 Å². The van der Waals surface area contributed by atoms with Crippen molar-refractivity contribution in [3.8, 4) is 0 Å². The molecular weight excluding hydrogens is 202 g/mol. The number of amides is 1. The number of hydrogen-bond acceptors (Lipinski definition) is 2. The first-order chi connectivity index (χ1) is 7.60. The van der Waals surface area contributed by atoms with Gasteiger partial charge in [0.25, 0.3) is 0 Å². The number of carbonyl (C=O) groups is 1. The molecule has 1 aliphatic rings. The number of nitrogens with one attached hydrogen (secondary N) is 1. The number of hydrogen-bond donors (Lipinski definition) is 1. The molecule has 1 amide bonds. The molecule has 86 valence electrons. The highest BCUT2D eigenvalue weighted by Crippen LogP contribution is 2.28. The molecule has 0 aromatic rings. The molecule has 3 heteroatoms. The van der Waals surface area contributed by atoms with Crippen molar-refractivity contribution in [1.82, 2.24) is 5.32 Å². The van der Waals surface area contributed by atoms with Gasteiger partial charge in [0.05, 0.1) is 0 Å². The predicted octanol–water partition coefficient (Wildman–Crippen LogP) is 2.30. The summed E-state index contributed by atoms with van der Waals surface area (Å²) in [4.78, 5) is 11.9. The van der Waals surface area contributed by atoms with Gasteiger partial charge in [-0.15, -0.1) is 0 Å². The summed E-state index contributed by atoms with van der Waals surface area (Å²) < 4.78 is 5.27. The van der Waals surface area contributed by atoms with Crippen LogP contribution in [0, 0.1) is 5.92 Å². The van der Waals surface area contributed by atoms with E-state index in [0.717, 1.165) is 12.0 Å². The second-order valence-corrected chi connectivity index (χ2v) is 3.59. The lowest BCUT2D eigenvalue weighted by Gasteiger charge is -2.10. The standard InChI is InChI=1S/C13H17NO2/c1-5-7-11-10(4)16-8-12(11)13(15)14-9(3)6-2/h5,7,12H,1,3-4,6,8H2,2H3,(H,14,15)/b11-7+. The van der Waals surface area contributed by atoms with Crippen LogP contribution < -0.4 is 5.32 Å². The van der Waals surface area contributed by atoms with Crippen LogP contribution in [0.1, 0.15) is 13.3 Å². The first-order valence-electron chi connectivity index (χ1n) is 5.23. The lowest BCUT2D eigenvalue weighted by molar-refractivity contribution is -0.123. The van der Waals surface area contributed by atoms with Crippen LogP contribution in [0.3, 0.4) is 0 Å². The Hall–Kier alpha value is -1.77. The summed E-state index contributed by atoms with van der Waals surface area (Å²) in [5.74, 6) is 0.134. The monoisotopic (exact) mass is 219 g/mol. The summed E-state index contributed by atoms with van der Waals surface area (Å²) in [7, 11) is 0. The molecule has 1 saturated heterocycles. The highest BCUT2D eigenvalue weighted by Gasteiger charge is 2.31. The Morgan fingerprint density at radius 2 is 2.38 bits per heavy atom. The molecule has 1 atom stereocenters. The van der Waals surface area contributed by atoms with Gasteiger partial charge in [-0.25, -0.2) is 0 Å². The molecule has 1 aliphatic heterocycles. The first-order valence-corrected chi connectivity index (χ1v) is 5.23. The Bertz CT molecular complexity index is 366. The molecule has 1 rings (SSSR count). The Morgan fingerprint density at radius 3 is 2.94 bits per heavy atom. The summed E-state index contributed by atoms with van der Waals surface area (Å²) >= 11 is 0. The van der Waals surface area contributed by atoms with E-state index in [4.69, 9.17) is 4.74 Å². The molecule has 1 fully saturated rings. The smallest absolute Gasteiger partial charge is 0.235 e. The van der Waals surface area contributed by atoms with Gasteiger partial charge in [0.1, 0.15) is 18.3 Å². The van der Waals surface area contributed by atoms with Gasteiger partial charge in [-0.3, -0.25) is 4.79 Å². The second kappa shape index (κ2) is 5.35. The molecule has 3 nitrogen and oxygen atoms in total. The number of allylic oxidation sites excluding steroid dienone is 4. The van der Waals surface area contributed by atoms with Crippen LogP contribution in [0.4, 0.5) is 0 Å².